The van der Waals surface area contributed by atoms with Gasteiger partial charge in [-0.1, -0.05) is 42.0 Å². The number of benzene rings is 2. The summed E-state index contributed by atoms with van der Waals surface area (Å²) in [5.74, 6) is 0.780. The molecule has 6 heteroatoms. The van der Waals surface area contributed by atoms with Crippen molar-refractivity contribution in [1.82, 2.24) is 10.2 Å². The monoisotopic (exact) mass is 382 g/mol. The predicted octanol–water partition coefficient (Wildman–Crippen LogP) is 2.68. The number of para-hydroxylation sites is 1. The fraction of sp³-hybridized carbons (Fsp3) is 0.364. The Kier molecular flexibility index (Phi) is 6.19. The van der Waals surface area contributed by atoms with E-state index < -0.39 is 0 Å². The molecule has 0 radical (unpaired) electrons. The molecular weight excluding hydrogens is 356 g/mol. The summed E-state index contributed by atoms with van der Waals surface area (Å²) in [6.45, 7) is 3.32. The van der Waals surface area contributed by atoms with E-state index in [1.807, 2.05) is 49.4 Å². The van der Waals surface area contributed by atoms with Crippen LogP contribution in [0.1, 0.15) is 23.1 Å². The van der Waals surface area contributed by atoms with E-state index in [4.69, 9.17) is 9.47 Å². The van der Waals surface area contributed by atoms with Gasteiger partial charge < -0.3 is 19.7 Å². The molecule has 148 valence electrons. The molecule has 2 amide bonds. The smallest absolute Gasteiger partial charge is 0.225 e. The highest BCUT2D eigenvalue weighted by molar-refractivity contribution is 5.89. The number of likely N-dealkylation sites (tertiary alicyclic amines) is 1. The number of aryl methyl sites for hydroxylation is 1. The average Bonchev–Trinajstić information content (AvgIpc) is 3.07. The van der Waals surface area contributed by atoms with Gasteiger partial charge in [-0.15, -0.1) is 0 Å². The number of hydrogen-bond acceptors (Lipinski definition) is 4. The van der Waals surface area contributed by atoms with Gasteiger partial charge in [0.1, 0.15) is 0 Å². The third-order valence-electron chi connectivity index (χ3n) is 5.02. The molecule has 0 saturated carbocycles. The van der Waals surface area contributed by atoms with Crippen molar-refractivity contribution in [2.45, 2.75) is 26.4 Å². The van der Waals surface area contributed by atoms with Gasteiger partial charge in [0.05, 0.1) is 20.1 Å². The van der Waals surface area contributed by atoms with Crippen molar-refractivity contribution in [3.8, 4) is 11.5 Å². The third-order valence-corrected chi connectivity index (χ3v) is 5.02. The maximum Gasteiger partial charge on any atom is 0.225 e. The van der Waals surface area contributed by atoms with Crippen LogP contribution in [0.2, 0.25) is 0 Å². The van der Waals surface area contributed by atoms with Crippen molar-refractivity contribution in [1.29, 1.82) is 0 Å². The molecule has 1 aliphatic rings. The van der Waals surface area contributed by atoms with Gasteiger partial charge >= 0.3 is 0 Å². The van der Waals surface area contributed by atoms with E-state index in [0.717, 1.165) is 11.1 Å². The summed E-state index contributed by atoms with van der Waals surface area (Å²) in [5, 5.41) is 2.93. The van der Waals surface area contributed by atoms with Crippen LogP contribution in [-0.4, -0.2) is 37.5 Å². The van der Waals surface area contributed by atoms with Gasteiger partial charge in [-0.05, 0) is 18.6 Å². The maximum absolute atomic E-state index is 12.6. The zero-order valence-electron chi connectivity index (χ0n) is 16.5. The summed E-state index contributed by atoms with van der Waals surface area (Å²) in [7, 11) is 3.15. The molecular formula is C22H26N2O4. The van der Waals surface area contributed by atoms with Gasteiger partial charge in [0, 0.05) is 31.6 Å². The van der Waals surface area contributed by atoms with Gasteiger partial charge in [0.25, 0.3) is 0 Å². The number of carbonyl (C=O) groups excluding carboxylic acids is 2. The second kappa shape index (κ2) is 8.78. The SMILES string of the molecule is COc1cccc(CNC(=O)C2CC(=O)N(Cc3ccc(C)cc3)C2)c1OC. The Morgan fingerprint density at radius 1 is 1.14 bits per heavy atom. The largest absolute Gasteiger partial charge is 0.493 e. The highest BCUT2D eigenvalue weighted by Crippen LogP contribution is 2.30. The van der Waals surface area contributed by atoms with Crippen molar-refractivity contribution in [3.63, 3.8) is 0 Å². The Balaban J connectivity index is 1.58. The number of methoxy groups -OCH3 is 2. The molecule has 1 fully saturated rings. The third kappa shape index (κ3) is 4.44. The summed E-state index contributed by atoms with van der Waals surface area (Å²) in [5.41, 5.74) is 3.08. The Morgan fingerprint density at radius 3 is 2.57 bits per heavy atom. The molecule has 2 aromatic rings. The lowest BCUT2D eigenvalue weighted by molar-refractivity contribution is -0.129. The van der Waals surface area contributed by atoms with Crippen LogP contribution >= 0.6 is 0 Å². The van der Waals surface area contributed by atoms with Crippen molar-refractivity contribution in [3.05, 3.63) is 59.2 Å². The number of carbonyl (C=O) groups is 2. The Hall–Kier alpha value is -3.02. The van der Waals surface area contributed by atoms with Crippen LogP contribution in [0, 0.1) is 12.8 Å². The molecule has 0 spiro atoms. The molecule has 2 aromatic carbocycles. The zero-order valence-corrected chi connectivity index (χ0v) is 16.5. The van der Waals surface area contributed by atoms with E-state index in [1.165, 1.54) is 5.56 Å². The zero-order chi connectivity index (χ0) is 20.1. The molecule has 28 heavy (non-hydrogen) atoms. The number of rotatable bonds is 7. The number of hydrogen-bond donors (Lipinski definition) is 1. The highest BCUT2D eigenvalue weighted by Gasteiger charge is 2.34. The van der Waals surface area contributed by atoms with Crippen molar-refractivity contribution >= 4 is 11.8 Å². The van der Waals surface area contributed by atoms with Crippen LogP contribution in [-0.2, 0) is 22.7 Å². The van der Waals surface area contributed by atoms with Gasteiger partial charge in [-0.25, -0.2) is 0 Å². The number of amides is 2. The molecule has 1 atom stereocenters. The lowest BCUT2D eigenvalue weighted by atomic mass is 10.1. The van der Waals surface area contributed by atoms with Crippen LogP contribution in [0.3, 0.4) is 0 Å². The topological polar surface area (TPSA) is 67.9 Å². The lowest BCUT2D eigenvalue weighted by Gasteiger charge is -2.17. The van der Waals surface area contributed by atoms with Crippen molar-refractivity contribution < 1.29 is 19.1 Å². The van der Waals surface area contributed by atoms with E-state index in [9.17, 15) is 9.59 Å². The quantitative estimate of drug-likeness (QED) is 0.799. The Morgan fingerprint density at radius 2 is 1.89 bits per heavy atom. The first-order valence-electron chi connectivity index (χ1n) is 9.32. The van der Waals surface area contributed by atoms with Gasteiger partial charge in [0.15, 0.2) is 11.5 Å². The molecule has 3 rings (SSSR count). The number of ether oxygens (including phenoxy) is 2. The standard InChI is InChI=1S/C22H26N2O4/c1-15-7-9-16(10-8-15)13-24-14-18(11-20(24)25)22(26)23-12-17-5-4-6-19(27-2)21(17)28-3/h4-10,18H,11-14H2,1-3H3,(H,23,26). The normalized spacial score (nSPS) is 16.2. The van der Waals surface area contributed by atoms with E-state index in [0.29, 0.717) is 31.1 Å². The first-order chi connectivity index (χ1) is 13.5. The van der Waals surface area contributed by atoms with E-state index in [-0.39, 0.29) is 24.2 Å². The second-order valence-corrected chi connectivity index (χ2v) is 7.03. The molecule has 1 heterocycles. The molecule has 0 aromatic heterocycles. The van der Waals surface area contributed by atoms with Crippen LogP contribution in [0.15, 0.2) is 42.5 Å². The predicted molar refractivity (Wildman–Crippen MR) is 106 cm³/mol. The van der Waals surface area contributed by atoms with Crippen LogP contribution in [0.25, 0.3) is 0 Å². The average molecular weight is 382 g/mol. The molecule has 6 nitrogen and oxygen atoms in total. The minimum absolute atomic E-state index is 0.0136. The second-order valence-electron chi connectivity index (χ2n) is 7.03. The van der Waals surface area contributed by atoms with Gasteiger partial charge in [-0.3, -0.25) is 9.59 Å². The molecule has 0 aliphatic carbocycles. The fourth-order valence-corrected chi connectivity index (χ4v) is 3.43. The Labute approximate surface area is 165 Å². The molecule has 0 bridgehead atoms. The molecule has 1 unspecified atom stereocenters. The summed E-state index contributed by atoms with van der Waals surface area (Å²) >= 11 is 0. The first kappa shape index (κ1) is 19.7. The number of nitrogens with zero attached hydrogens (tertiary/aromatic N) is 1. The van der Waals surface area contributed by atoms with E-state index in [1.54, 1.807) is 19.1 Å². The van der Waals surface area contributed by atoms with Crippen LogP contribution in [0.4, 0.5) is 0 Å². The first-order valence-corrected chi connectivity index (χ1v) is 9.32. The Bertz CT molecular complexity index is 848. The number of nitrogens with one attached hydrogen (secondary N) is 1. The van der Waals surface area contributed by atoms with Crippen molar-refractivity contribution in [2.75, 3.05) is 20.8 Å². The summed E-state index contributed by atoms with van der Waals surface area (Å²) < 4.78 is 10.7. The van der Waals surface area contributed by atoms with Gasteiger partial charge in [-0.2, -0.15) is 0 Å². The highest BCUT2D eigenvalue weighted by atomic mass is 16.5. The lowest BCUT2D eigenvalue weighted by Crippen LogP contribution is -2.32. The minimum Gasteiger partial charge on any atom is -0.493 e. The maximum atomic E-state index is 12.6. The summed E-state index contributed by atoms with van der Waals surface area (Å²) in [6.07, 6.45) is 0.243. The molecule has 1 saturated heterocycles. The fourth-order valence-electron chi connectivity index (χ4n) is 3.43. The van der Waals surface area contributed by atoms with Crippen LogP contribution < -0.4 is 14.8 Å². The molecule has 1 N–H and O–H groups in total. The molecule has 1 aliphatic heterocycles. The van der Waals surface area contributed by atoms with Crippen molar-refractivity contribution in [2.24, 2.45) is 5.92 Å². The van der Waals surface area contributed by atoms with E-state index in [2.05, 4.69) is 5.32 Å². The summed E-state index contributed by atoms with van der Waals surface area (Å²) in [6, 6.07) is 13.6. The van der Waals surface area contributed by atoms with Gasteiger partial charge in [0.2, 0.25) is 11.8 Å². The van der Waals surface area contributed by atoms with E-state index >= 15 is 0 Å². The van der Waals surface area contributed by atoms with Crippen LogP contribution in [0.5, 0.6) is 11.5 Å². The minimum atomic E-state index is -0.338. The summed E-state index contributed by atoms with van der Waals surface area (Å²) in [4.78, 5) is 26.7.